The average Bonchev–Trinajstić information content (AvgIpc) is 2.42. The number of nitrogens with zero attached hydrogens (tertiary/aromatic N) is 1. The van der Waals surface area contributed by atoms with Crippen molar-refractivity contribution in [3.05, 3.63) is 33.9 Å². The van der Waals surface area contributed by atoms with E-state index in [1.807, 2.05) is 6.92 Å². The molecule has 0 aliphatic heterocycles. The highest BCUT2D eigenvalue weighted by Gasteiger charge is 2.31. The summed E-state index contributed by atoms with van der Waals surface area (Å²) in [7, 11) is 1.63. The number of nitro benzene ring substituents is 1. The first-order valence-corrected chi connectivity index (χ1v) is 6.91. The summed E-state index contributed by atoms with van der Waals surface area (Å²) in [5.74, 6) is -0.416. The summed E-state index contributed by atoms with van der Waals surface area (Å²) in [4.78, 5) is 22.8. The maximum absolute atomic E-state index is 12.2. The van der Waals surface area contributed by atoms with Gasteiger partial charge in [0.1, 0.15) is 5.56 Å². The predicted octanol–water partition coefficient (Wildman–Crippen LogP) is 1.93. The second kappa shape index (κ2) is 6.53. The van der Waals surface area contributed by atoms with Gasteiger partial charge in [0.25, 0.3) is 11.6 Å². The Kier molecular flexibility index (Phi) is 4.74. The number of anilines is 1. The fraction of sp³-hybridized carbons (Fsp3) is 0.500. The molecule has 0 bridgehead atoms. The van der Waals surface area contributed by atoms with E-state index >= 15 is 0 Å². The van der Waals surface area contributed by atoms with Crippen molar-refractivity contribution in [1.82, 2.24) is 5.32 Å². The zero-order valence-electron chi connectivity index (χ0n) is 12.1. The van der Waals surface area contributed by atoms with Gasteiger partial charge in [0.05, 0.1) is 11.0 Å². The van der Waals surface area contributed by atoms with Gasteiger partial charge in [-0.05, 0) is 31.9 Å². The van der Waals surface area contributed by atoms with Gasteiger partial charge >= 0.3 is 0 Å². The van der Waals surface area contributed by atoms with Crippen LogP contribution in [0.5, 0.6) is 0 Å². The number of carbonyl (C=O) groups excluding carboxylic acids is 1. The third-order valence-corrected chi connectivity index (χ3v) is 3.58. The minimum atomic E-state index is -0.538. The third-order valence-electron chi connectivity index (χ3n) is 3.58. The normalized spacial score (nSPS) is 20.5. The molecule has 2 rings (SSSR count). The van der Waals surface area contributed by atoms with E-state index < -0.39 is 10.8 Å². The first-order valence-electron chi connectivity index (χ1n) is 6.91. The van der Waals surface area contributed by atoms with Crippen molar-refractivity contribution in [2.24, 2.45) is 0 Å². The van der Waals surface area contributed by atoms with Crippen LogP contribution in [0.15, 0.2) is 18.2 Å². The Morgan fingerprint density at radius 2 is 2.19 bits per heavy atom. The molecule has 7 nitrogen and oxygen atoms in total. The zero-order valence-corrected chi connectivity index (χ0v) is 12.1. The molecule has 1 aromatic rings. The molecule has 0 spiro atoms. The Morgan fingerprint density at radius 3 is 2.76 bits per heavy atom. The zero-order chi connectivity index (χ0) is 15.4. The largest absolute Gasteiger partial charge is 0.385 e. The summed E-state index contributed by atoms with van der Waals surface area (Å²) in [6.07, 6.45) is 1.64. The summed E-state index contributed by atoms with van der Waals surface area (Å²) in [5, 5.41) is 16.9. The maximum Gasteiger partial charge on any atom is 0.282 e. The van der Waals surface area contributed by atoms with Gasteiger partial charge in [-0.25, -0.2) is 0 Å². The molecule has 0 atom stereocenters. The molecule has 1 aromatic carbocycles. The number of amides is 1. The fourth-order valence-corrected chi connectivity index (χ4v) is 2.33. The lowest BCUT2D eigenvalue weighted by Crippen LogP contribution is -2.47. The minimum Gasteiger partial charge on any atom is -0.385 e. The highest BCUT2D eigenvalue weighted by atomic mass is 16.6. The number of nitro groups is 1. The summed E-state index contributed by atoms with van der Waals surface area (Å²) < 4.78 is 5.15. The molecule has 21 heavy (non-hydrogen) atoms. The highest BCUT2D eigenvalue weighted by Crippen LogP contribution is 2.26. The lowest BCUT2D eigenvalue weighted by molar-refractivity contribution is -0.385. The van der Waals surface area contributed by atoms with Gasteiger partial charge in [-0.1, -0.05) is 0 Å². The van der Waals surface area contributed by atoms with Crippen molar-refractivity contribution in [3.8, 4) is 0 Å². The molecule has 1 aliphatic rings. The topological polar surface area (TPSA) is 93.5 Å². The predicted molar refractivity (Wildman–Crippen MR) is 78.5 cm³/mol. The Labute approximate surface area is 122 Å². The quantitative estimate of drug-likeness (QED) is 0.617. The Balaban J connectivity index is 2.13. The van der Waals surface area contributed by atoms with E-state index in [-0.39, 0.29) is 23.4 Å². The summed E-state index contributed by atoms with van der Waals surface area (Å²) in [5.41, 5.74) is 0.590. The molecule has 1 fully saturated rings. The fourth-order valence-electron chi connectivity index (χ4n) is 2.33. The maximum atomic E-state index is 12.2. The smallest absolute Gasteiger partial charge is 0.282 e. The molecule has 114 valence electrons. The van der Waals surface area contributed by atoms with Crippen molar-refractivity contribution in [1.29, 1.82) is 0 Å². The molecule has 0 aromatic heterocycles. The molecule has 0 radical (unpaired) electrons. The Bertz CT molecular complexity index is 541. The van der Waals surface area contributed by atoms with E-state index in [1.54, 1.807) is 13.2 Å². The van der Waals surface area contributed by atoms with Crippen LogP contribution in [0.3, 0.4) is 0 Å². The second-order valence-corrected chi connectivity index (χ2v) is 5.02. The summed E-state index contributed by atoms with van der Waals surface area (Å²) >= 11 is 0. The van der Waals surface area contributed by atoms with E-state index in [1.165, 1.54) is 12.1 Å². The molecule has 0 heterocycles. The average molecular weight is 293 g/mol. The van der Waals surface area contributed by atoms with Crippen molar-refractivity contribution in [2.75, 3.05) is 19.0 Å². The van der Waals surface area contributed by atoms with Crippen LogP contribution in [0, 0.1) is 10.1 Å². The van der Waals surface area contributed by atoms with E-state index in [9.17, 15) is 14.9 Å². The molecule has 0 saturated heterocycles. The number of hydrogen-bond donors (Lipinski definition) is 2. The van der Waals surface area contributed by atoms with Gasteiger partial charge in [-0.15, -0.1) is 0 Å². The minimum absolute atomic E-state index is 0.0184. The third kappa shape index (κ3) is 3.49. The molecule has 1 amide bonds. The molecule has 0 unspecified atom stereocenters. The van der Waals surface area contributed by atoms with Crippen molar-refractivity contribution >= 4 is 17.3 Å². The van der Waals surface area contributed by atoms with E-state index in [4.69, 9.17) is 4.74 Å². The molecule has 1 saturated carbocycles. The van der Waals surface area contributed by atoms with Gasteiger partial charge < -0.3 is 15.4 Å². The number of hydrogen-bond acceptors (Lipinski definition) is 5. The van der Waals surface area contributed by atoms with E-state index in [0.29, 0.717) is 12.2 Å². The van der Waals surface area contributed by atoms with Crippen LogP contribution in [0.1, 0.15) is 30.1 Å². The van der Waals surface area contributed by atoms with Crippen LogP contribution in [0.2, 0.25) is 0 Å². The van der Waals surface area contributed by atoms with Crippen LogP contribution in [-0.2, 0) is 4.74 Å². The van der Waals surface area contributed by atoms with Crippen LogP contribution >= 0.6 is 0 Å². The van der Waals surface area contributed by atoms with Crippen molar-refractivity contribution < 1.29 is 14.5 Å². The standard InChI is InChI=1S/C14H19N3O4/c1-3-15-9-4-5-13(17(19)20)12(8-9)14(18)16-10-6-11(7-10)21-2/h4-5,8,10-11,15H,3,6-7H2,1-2H3,(H,16,18). The number of rotatable bonds is 6. The van der Waals surface area contributed by atoms with E-state index in [2.05, 4.69) is 10.6 Å². The van der Waals surface area contributed by atoms with Gasteiger partial charge in [0.15, 0.2) is 0 Å². The molecule has 7 heteroatoms. The second-order valence-electron chi connectivity index (χ2n) is 5.02. The summed E-state index contributed by atoms with van der Waals surface area (Å²) in [6, 6.07) is 4.49. The summed E-state index contributed by atoms with van der Waals surface area (Å²) in [6.45, 7) is 2.59. The number of ether oxygens (including phenoxy) is 1. The van der Waals surface area contributed by atoms with Gasteiger partial charge in [-0.2, -0.15) is 0 Å². The SMILES string of the molecule is CCNc1ccc([N+](=O)[O-])c(C(=O)NC2CC(OC)C2)c1. The number of methoxy groups -OCH3 is 1. The van der Waals surface area contributed by atoms with Crippen LogP contribution < -0.4 is 10.6 Å². The van der Waals surface area contributed by atoms with Crippen LogP contribution in [0.4, 0.5) is 11.4 Å². The van der Waals surface area contributed by atoms with Crippen LogP contribution in [-0.4, -0.2) is 36.6 Å². The highest BCUT2D eigenvalue weighted by molar-refractivity contribution is 5.99. The number of nitrogens with one attached hydrogen (secondary N) is 2. The number of carbonyl (C=O) groups is 1. The van der Waals surface area contributed by atoms with Gasteiger partial charge in [-0.3, -0.25) is 14.9 Å². The van der Waals surface area contributed by atoms with E-state index in [0.717, 1.165) is 12.8 Å². The lowest BCUT2D eigenvalue weighted by atomic mass is 9.89. The number of benzene rings is 1. The van der Waals surface area contributed by atoms with Gasteiger partial charge in [0, 0.05) is 31.5 Å². The monoisotopic (exact) mass is 293 g/mol. The lowest BCUT2D eigenvalue weighted by Gasteiger charge is -2.34. The first-order chi connectivity index (χ1) is 10.0. The van der Waals surface area contributed by atoms with Crippen molar-refractivity contribution in [3.63, 3.8) is 0 Å². The molecular formula is C14H19N3O4. The molecule has 1 aliphatic carbocycles. The Hall–Kier alpha value is -2.15. The molecule has 2 N–H and O–H groups in total. The Morgan fingerprint density at radius 1 is 1.48 bits per heavy atom. The van der Waals surface area contributed by atoms with Gasteiger partial charge in [0.2, 0.25) is 0 Å². The molecular weight excluding hydrogens is 274 g/mol. The first kappa shape index (κ1) is 15.2. The van der Waals surface area contributed by atoms with Crippen molar-refractivity contribution in [2.45, 2.75) is 31.9 Å². The van der Waals surface area contributed by atoms with Crippen LogP contribution in [0.25, 0.3) is 0 Å².